The van der Waals surface area contributed by atoms with Crippen molar-refractivity contribution >= 4 is 25.7 Å². The maximum absolute atomic E-state index is 12.5. The number of carbonyl (C=O) groups excluding carboxylic acids is 2. The monoisotopic (exact) mass is 748 g/mol. The zero-order valence-electron chi connectivity index (χ0n) is 32.2. The van der Waals surface area contributed by atoms with E-state index in [1.807, 2.05) is 0 Å². The van der Waals surface area contributed by atoms with Crippen LogP contribution < -0.4 is 5.73 Å². The van der Waals surface area contributed by atoms with Gasteiger partial charge in [0.2, 0.25) is 0 Å². The van der Waals surface area contributed by atoms with Crippen LogP contribution in [-0.4, -0.2) is 59.9 Å². The lowest BCUT2D eigenvalue weighted by Gasteiger charge is -2.20. The first kappa shape index (κ1) is 49.2. The van der Waals surface area contributed by atoms with Crippen LogP contribution in [0.15, 0.2) is 12.2 Å². The Kier molecular flexibility index (Phi) is 34.0. The summed E-state index contributed by atoms with van der Waals surface area (Å²) in [6.07, 6.45) is 32.9. The van der Waals surface area contributed by atoms with Gasteiger partial charge in [0.25, 0.3) is 0 Å². The van der Waals surface area contributed by atoms with Crippen LogP contribution >= 0.6 is 7.82 Å². The van der Waals surface area contributed by atoms with Crippen LogP contribution in [-0.2, 0) is 37.5 Å². The summed E-state index contributed by atoms with van der Waals surface area (Å²) in [5.74, 6) is -2.38. The standard InChI is InChI=1S/C39H74NO10P/c1-3-5-7-9-11-13-15-16-17-18-19-20-21-23-24-26-28-30-37(41)47-32-35(33-48-51(45,46)49-34-36(40)39(43)44)50-38(42)31-29-27-25-22-14-12-10-8-6-4-2/h8,10,35-36H,3-7,9,11-34,40H2,1-2H3,(H,43,44)(H,45,46)/b10-8-. The first-order valence-electron chi connectivity index (χ1n) is 20.2. The Morgan fingerprint density at radius 2 is 1.02 bits per heavy atom. The number of carboxylic acid groups (broad SMARTS) is 1. The topological polar surface area (TPSA) is 172 Å². The first-order chi connectivity index (χ1) is 24.6. The van der Waals surface area contributed by atoms with Gasteiger partial charge in [0.1, 0.15) is 12.6 Å². The fraction of sp³-hybridized carbons (Fsp3) is 0.872. The van der Waals surface area contributed by atoms with Gasteiger partial charge in [0.15, 0.2) is 6.10 Å². The quantitative estimate of drug-likeness (QED) is 0.0237. The number of phosphoric ester groups is 1. The minimum absolute atomic E-state index is 0.154. The highest BCUT2D eigenvalue weighted by Crippen LogP contribution is 2.43. The van der Waals surface area contributed by atoms with E-state index in [2.05, 4.69) is 30.5 Å². The number of ether oxygens (including phenoxy) is 2. The van der Waals surface area contributed by atoms with Crippen molar-refractivity contribution in [2.75, 3.05) is 19.8 Å². The minimum Gasteiger partial charge on any atom is -0.480 e. The van der Waals surface area contributed by atoms with Gasteiger partial charge in [-0.15, -0.1) is 0 Å². The third-order valence-corrected chi connectivity index (χ3v) is 9.70. The molecule has 0 aromatic carbocycles. The van der Waals surface area contributed by atoms with Crippen molar-refractivity contribution < 1.29 is 47.5 Å². The lowest BCUT2D eigenvalue weighted by atomic mass is 10.0. The normalized spacial score (nSPS) is 14.0. The molecule has 0 rings (SSSR count). The van der Waals surface area contributed by atoms with Crippen molar-refractivity contribution in [1.29, 1.82) is 0 Å². The Morgan fingerprint density at radius 3 is 1.51 bits per heavy atom. The molecule has 0 aliphatic carbocycles. The molecule has 12 heteroatoms. The van der Waals surface area contributed by atoms with Crippen LogP contribution in [0.3, 0.4) is 0 Å². The van der Waals surface area contributed by atoms with Gasteiger partial charge < -0.3 is 25.2 Å². The second-order valence-corrected chi connectivity index (χ2v) is 15.2. The van der Waals surface area contributed by atoms with Crippen LogP contribution in [0.2, 0.25) is 0 Å². The molecule has 0 bridgehead atoms. The molecule has 0 fully saturated rings. The number of hydrogen-bond acceptors (Lipinski definition) is 9. The van der Waals surface area contributed by atoms with Crippen molar-refractivity contribution in [3.8, 4) is 0 Å². The summed E-state index contributed by atoms with van der Waals surface area (Å²) in [5.41, 5.74) is 5.31. The zero-order valence-corrected chi connectivity index (χ0v) is 33.1. The van der Waals surface area contributed by atoms with E-state index < -0.39 is 51.1 Å². The second-order valence-electron chi connectivity index (χ2n) is 13.8. The van der Waals surface area contributed by atoms with E-state index >= 15 is 0 Å². The van der Waals surface area contributed by atoms with Gasteiger partial charge in [-0.25, -0.2) is 4.57 Å². The SMILES string of the molecule is CCC/C=C\CCCCCCCC(=O)OC(COC(=O)CCCCCCCCCCCCCCCCCCC)COP(=O)(O)OCC(N)C(=O)O. The van der Waals surface area contributed by atoms with E-state index in [4.69, 9.17) is 24.8 Å². The van der Waals surface area contributed by atoms with E-state index in [0.29, 0.717) is 12.8 Å². The number of rotatable bonds is 38. The van der Waals surface area contributed by atoms with Gasteiger partial charge in [0, 0.05) is 12.8 Å². The van der Waals surface area contributed by atoms with Crippen LogP contribution in [0.4, 0.5) is 0 Å². The van der Waals surface area contributed by atoms with Gasteiger partial charge >= 0.3 is 25.7 Å². The number of nitrogens with two attached hydrogens (primary N) is 1. The molecule has 0 amide bonds. The summed E-state index contributed by atoms with van der Waals surface area (Å²) >= 11 is 0. The summed E-state index contributed by atoms with van der Waals surface area (Å²) in [4.78, 5) is 45.7. The molecule has 0 saturated carbocycles. The Labute approximate surface area is 309 Å². The van der Waals surface area contributed by atoms with E-state index in [-0.39, 0.29) is 19.4 Å². The molecule has 0 radical (unpaired) electrons. The molecule has 11 nitrogen and oxygen atoms in total. The van der Waals surface area contributed by atoms with Crippen molar-refractivity contribution in [3.63, 3.8) is 0 Å². The molecule has 0 saturated heterocycles. The number of esters is 2. The molecule has 0 spiro atoms. The minimum atomic E-state index is -4.71. The van der Waals surface area contributed by atoms with Gasteiger partial charge in [-0.05, 0) is 32.1 Å². The van der Waals surface area contributed by atoms with Crippen molar-refractivity contribution in [2.45, 2.75) is 199 Å². The average Bonchev–Trinajstić information content (AvgIpc) is 3.10. The highest BCUT2D eigenvalue weighted by atomic mass is 31.2. The molecule has 4 N–H and O–H groups in total. The molecule has 51 heavy (non-hydrogen) atoms. The van der Waals surface area contributed by atoms with E-state index in [0.717, 1.165) is 64.2 Å². The predicted octanol–water partition coefficient (Wildman–Crippen LogP) is 10.1. The molecule has 0 heterocycles. The molecular formula is C39H74NO10P. The van der Waals surface area contributed by atoms with Gasteiger partial charge in [-0.1, -0.05) is 154 Å². The lowest BCUT2D eigenvalue weighted by molar-refractivity contribution is -0.161. The Morgan fingerprint density at radius 1 is 0.588 bits per heavy atom. The third kappa shape index (κ3) is 35.0. The van der Waals surface area contributed by atoms with E-state index in [1.165, 1.54) is 83.5 Å². The molecular weight excluding hydrogens is 673 g/mol. The number of carbonyl (C=O) groups is 3. The largest absolute Gasteiger partial charge is 0.480 e. The molecule has 0 aromatic heterocycles. The summed E-state index contributed by atoms with van der Waals surface area (Å²) in [6.45, 7) is 2.73. The summed E-state index contributed by atoms with van der Waals surface area (Å²) in [6, 6.07) is -1.52. The second kappa shape index (κ2) is 35.3. The van der Waals surface area contributed by atoms with E-state index in [1.54, 1.807) is 0 Å². The van der Waals surface area contributed by atoms with Crippen molar-refractivity contribution in [2.24, 2.45) is 5.73 Å². The Balaban J connectivity index is 4.31. The summed E-state index contributed by atoms with van der Waals surface area (Å²) < 4.78 is 32.6. The van der Waals surface area contributed by atoms with Crippen LogP contribution in [0.25, 0.3) is 0 Å². The summed E-state index contributed by atoms with van der Waals surface area (Å²) in [5, 5.41) is 8.86. The van der Waals surface area contributed by atoms with Gasteiger partial charge in [-0.3, -0.25) is 23.4 Å². The maximum Gasteiger partial charge on any atom is 0.472 e. The Bertz CT molecular complexity index is 932. The molecule has 0 aromatic rings. The summed E-state index contributed by atoms with van der Waals surface area (Å²) in [7, 11) is -4.71. The third-order valence-electron chi connectivity index (χ3n) is 8.74. The number of aliphatic carboxylic acids is 1. The number of unbranched alkanes of at least 4 members (excludes halogenated alkanes) is 22. The molecule has 300 valence electrons. The fourth-order valence-electron chi connectivity index (χ4n) is 5.54. The maximum atomic E-state index is 12.5. The van der Waals surface area contributed by atoms with Gasteiger partial charge in [-0.2, -0.15) is 0 Å². The first-order valence-corrected chi connectivity index (χ1v) is 21.7. The lowest BCUT2D eigenvalue weighted by Crippen LogP contribution is -2.34. The van der Waals surface area contributed by atoms with Gasteiger partial charge in [0.05, 0.1) is 13.2 Å². The van der Waals surface area contributed by atoms with Crippen LogP contribution in [0.5, 0.6) is 0 Å². The molecule has 0 aliphatic rings. The molecule has 3 unspecified atom stereocenters. The molecule has 0 aliphatic heterocycles. The van der Waals surface area contributed by atoms with Crippen molar-refractivity contribution in [1.82, 2.24) is 0 Å². The molecule has 3 atom stereocenters. The predicted molar refractivity (Wildman–Crippen MR) is 203 cm³/mol. The zero-order chi connectivity index (χ0) is 37.8. The van der Waals surface area contributed by atoms with Crippen LogP contribution in [0.1, 0.15) is 187 Å². The average molecular weight is 748 g/mol. The van der Waals surface area contributed by atoms with Crippen LogP contribution in [0, 0.1) is 0 Å². The van der Waals surface area contributed by atoms with Crippen molar-refractivity contribution in [3.05, 3.63) is 12.2 Å². The smallest absolute Gasteiger partial charge is 0.472 e. The number of allylic oxidation sites excluding steroid dienone is 2. The highest BCUT2D eigenvalue weighted by molar-refractivity contribution is 7.47. The van der Waals surface area contributed by atoms with E-state index in [9.17, 15) is 23.8 Å². The fourth-order valence-corrected chi connectivity index (χ4v) is 6.32. The highest BCUT2D eigenvalue weighted by Gasteiger charge is 2.28. The number of carboxylic acids is 1. The Hall–Kier alpha value is -1.78. The number of phosphoric acid groups is 1. The number of hydrogen-bond donors (Lipinski definition) is 3.